The van der Waals surface area contributed by atoms with E-state index in [0.29, 0.717) is 18.4 Å². The van der Waals surface area contributed by atoms with Crippen molar-refractivity contribution in [3.8, 4) is 5.75 Å². The molecule has 2 heterocycles. The number of carbonyl (C=O) groups excluding carboxylic acids is 1. The number of benzene rings is 1. The molecule has 1 aliphatic rings. The summed E-state index contributed by atoms with van der Waals surface area (Å²) in [6, 6.07) is 10.7. The van der Waals surface area contributed by atoms with Crippen LogP contribution in [0.15, 0.2) is 47.1 Å². The average molecular weight is 449 g/mol. The third kappa shape index (κ3) is 3.21. The van der Waals surface area contributed by atoms with Crippen LogP contribution in [0, 0.1) is 0 Å². The van der Waals surface area contributed by atoms with Gasteiger partial charge in [-0.25, -0.2) is 4.98 Å². The summed E-state index contributed by atoms with van der Waals surface area (Å²) < 4.78 is 33.6. The first-order valence-corrected chi connectivity index (χ1v) is 9.79. The third-order valence-corrected chi connectivity index (χ3v) is 5.79. The van der Waals surface area contributed by atoms with Crippen LogP contribution in [0.2, 0.25) is 0 Å². The minimum Gasteiger partial charge on any atom is -0.435 e. The van der Waals surface area contributed by atoms with Crippen LogP contribution in [0.4, 0.5) is 8.78 Å². The number of ether oxygens (including phenoxy) is 1. The molecule has 146 valence electrons. The maximum atomic E-state index is 13.0. The lowest BCUT2D eigenvalue weighted by Gasteiger charge is -2.24. The molecule has 0 amide bonds. The Balaban J connectivity index is 1.93. The molecule has 0 aliphatic heterocycles. The van der Waals surface area contributed by atoms with Gasteiger partial charge in [0.15, 0.2) is 0 Å². The Morgan fingerprint density at radius 1 is 1.36 bits per heavy atom. The van der Waals surface area contributed by atoms with Crippen molar-refractivity contribution >= 4 is 27.4 Å². The number of imidazole rings is 1. The molecule has 7 heteroatoms. The number of halogens is 3. The molecule has 3 aromatic rings. The Hall–Kier alpha value is -2.28. The number of pyridine rings is 1. The Kier molecular flexibility index (Phi) is 4.73. The number of hydrogen-bond acceptors (Lipinski definition) is 3. The van der Waals surface area contributed by atoms with Crippen LogP contribution >= 0.6 is 15.9 Å². The Labute approximate surface area is 169 Å². The first-order valence-electron chi connectivity index (χ1n) is 8.99. The average Bonchev–Trinajstić information content (AvgIpc) is 3.10. The first kappa shape index (κ1) is 19.1. The van der Waals surface area contributed by atoms with Gasteiger partial charge < -0.3 is 9.14 Å². The number of nitrogens with zero attached hydrogens (tertiary/aromatic N) is 2. The zero-order chi connectivity index (χ0) is 20.1. The Morgan fingerprint density at radius 3 is 2.82 bits per heavy atom. The molecule has 0 bridgehead atoms. The van der Waals surface area contributed by atoms with E-state index in [1.807, 2.05) is 41.8 Å². The highest BCUT2D eigenvalue weighted by molar-refractivity contribution is 9.10. The molecular formula is C21H19BrF2N2O2. The largest absolute Gasteiger partial charge is 0.435 e. The highest BCUT2D eigenvalue weighted by Crippen LogP contribution is 2.52. The van der Waals surface area contributed by atoms with Gasteiger partial charge in [-0.1, -0.05) is 25.1 Å². The molecule has 0 spiro atoms. The van der Waals surface area contributed by atoms with Gasteiger partial charge in [0, 0.05) is 34.0 Å². The summed E-state index contributed by atoms with van der Waals surface area (Å²) in [6.45, 7) is 0.686. The monoisotopic (exact) mass is 448 g/mol. The maximum absolute atomic E-state index is 13.0. The summed E-state index contributed by atoms with van der Waals surface area (Å²) in [5.74, 6) is 0.0218. The van der Waals surface area contributed by atoms with E-state index in [9.17, 15) is 13.6 Å². The second-order valence-electron chi connectivity index (χ2n) is 7.53. The SMILES string of the molecule is CC(=O)CC1(C)C[C@H](c2ccccc2OC(F)F)c2c1nc1ccc(Br)cn21. The lowest BCUT2D eigenvalue weighted by molar-refractivity contribution is -0.118. The van der Waals surface area contributed by atoms with E-state index < -0.39 is 12.0 Å². The summed E-state index contributed by atoms with van der Waals surface area (Å²) >= 11 is 3.49. The molecule has 1 aliphatic carbocycles. The molecule has 1 unspecified atom stereocenters. The lowest BCUT2D eigenvalue weighted by atomic mass is 9.80. The van der Waals surface area contributed by atoms with Crippen molar-refractivity contribution in [1.82, 2.24) is 9.38 Å². The van der Waals surface area contributed by atoms with E-state index in [0.717, 1.165) is 21.5 Å². The smallest absolute Gasteiger partial charge is 0.387 e. The highest BCUT2D eigenvalue weighted by atomic mass is 79.9. The summed E-state index contributed by atoms with van der Waals surface area (Å²) in [4.78, 5) is 16.8. The predicted octanol–water partition coefficient (Wildman–Crippen LogP) is 5.47. The minimum absolute atomic E-state index is 0.0736. The number of alkyl halides is 2. The molecule has 0 saturated carbocycles. The zero-order valence-electron chi connectivity index (χ0n) is 15.5. The fourth-order valence-electron chi connectivity index (χ4n) is 4.39. The van der Waals surface area contributed by atoms with Crippen LogP contribution in [-0.2, 0) is 10.2 Å². The van der Waals surface area contributed by atoms with E-state index in [1.54, 1.807) is 19.1 Å². The third-order valence-electron chi connectivity index (χ3n) is 5.33. The van der Waals surface area contributed by atoms with Gasteiger partial charge in [0.1, 0.15) is 17.2 Å². The van der Waals surface area contributed by atoms with Gasteiger partial charge in [-0.15, -0.1) is 0 Å². The molecule has 2 aromatic heterocycles. The van der Waals surface area contributed by atoms with E-state index in [2.05, 4.69) is 15.9 Å². The van der Waals surface area contributed by atoms with E-state index in [1.165, 1.54) is 0 Å². The van der Waals surface area contributed by atoms with Crippen LogP contribution in [0.3, 0.4) is 0 Å². The van der Waals surface area contributed by atoms with Crippen LogP contribution < -0.4 is 4.74 Å². The van der Waals surface area contributed by atoms with Gasteiger partial charge in [0.2, 0.25) is 0 Å². The number of rotatable bonds is 5. The summed E-state index contributed by atoms with van der Waals surface area (Å²) in [5, 5.41) is 0. The molecule has 0 saturated heterocycles. The predicted molar refractivity (Wildman–Crippen MR) is 105 cm³/mol. The quantitative estimate of drug-likeness (QED) is 0.519. The second kappa shape index (κ2) is 6.95. The molecule has 4 nitrogen and oxygen atoms in total. The number of aromatic nitrogens is 2. The van der Waals surface area contributed by atoms with Crippen molar-refractivity contribution < 1.29 is 18.3 Å². The summed E-state index contributed by atoms with van der Waals surface area (Å²) in [5.41, 5.74) is 2.74. The lowest BCUT2D eigenvalue weighted by Crippen LogP contribution is -2.23. The number of Topliss-reactive ketones (excluding diaryl/α,β-unsaturated/α-hetero) is 1. The van der Waals surface area contributed by atoms with Gasteiger partial charge in [0.05, 0.1) is 11.4 Å². The van der Waals surface area contributed by atoms with E-state index >= 15 is 0 Å². The van der Waals surface area contributed by atoms with Crippen LogP contribution in [-0.4, -0.2) is 21.8 Å². The van der Waals surface area contributed by atoms with Gasteiger partial charge in [-0.3, -0.25) is 4.79 Å². The van der Waals surface area contributed by atoms with Crippen molar-refractivity contribution in [2.24, 2.45) is 0 Å². The second-order valence-corrected chi connectivity index (χ2v) is 8.45. The first-order chi connectivity index (χ1) is 13.3. The van der Waals surface area contributed by atoms with Crippen molar-refractivity contribution in [1.29, 1.82) is 0 Å². The molecule has 0 fully saturated rings. The van der Waals surface area contributed by atoms with Crippen LogP contribution in [0.5, 0.6) is 5.75 Å². The molecule has 2 atom stereocenters. The zero-order valence-corrected chi connectivity index (χ0v) is 17.0. The fourth-order valence-corrected chi connectivity index (χ4v) is 4.73. The van der Waals surface area contributed by atoms with Gasteiger partial charge in [-0.05, 0) is 47.5 Å². The molecule has 0 N–H and O–H groups in total. The van der Waals surface area contributed by atoms with Gasteiger partial charge >= 0.3 is 6.61 Å². The van der Waals surface area contributed by atoms with E-state index in [4.69, 9.17) is 9.72 Å². The molecule has 1 aromatic carbocycles. The van der Waals surface area contributed by atoms with Gasteiger partial charge in [0.25, 0.3) is 0 Å². The minimum atomic E-state index is -2.90. The number of ketones is 1. The fraction of sp³-hybridized carbons (Fsp3) is 0.333. The molecular weight excluding hydrogens is 430 g/mol. The molecule has 4 rings (SSSR count). The number of fused-ring (bicyclic) bond motifs is 3. The van der Waals surface area contributed by atoms with Gasteiger partial charge in [-0.2, -0.15) is 8.78 Å². The molecule has 0 radical (unpaired) electrons. The highest BCUT2D eigenvalue weighted by Gasteiger charge is 2.46. The number of carbonyl (C=O) groups is 1. The number of para-hydroxylation sites is 1. The maximum Gasteiger partial charge on any atom is 0.387 e. The normalized spacial score (nSPS) is 21.3. The van der Waals surface area contributed by atoms with Crippen molar-refractivity contribution in [2.45, 2.75) is 44.6 Å². The van der Waals surface area contributed by atoms with Crippen molar-refractivity contribution in [2.75, 3.05) is 0 Å². The van der Waals surface area contributed by atoms with E-state index in [-0.39, 0.29) is 17.5 Å². The van der Waals surface area contributed by atoms with Crippen molar-refractivity contribution in [3.63, 3.8) is 0 Å². The van der Waals surface area contributed by atoms with Crippen molar-refractivity contribution in [3.05, 3.63) is 64.0 Å². The Morgan fingerprint density at radius 2 is 2.11 bits per heavy atom. The number of hydrogen-bond donors (Lipinski definition) is 0. The van der Waals surface area contributed by atoms with Crippen LogP contribution in [0.25, 0.3) is 5.65 Å². The topological polar surface area (TPSA) is 43.6 Å². The van der Waals surface area contributed by atoms with Crippen LogP contribution in [0.1, 0.15) is 49.6 Å². The Bertz CT molecular complexity index is 1070. The summed E-state index contributed by atoms with van der Waals surface area (Å²) in [6.07, 6.45) is 2.87. The summed E-state index contributed by atoms with van der Waals surface area (Å²) in [7, 11) is 0. The standard InChI is InChI=1S/C21H19BrF2N2O2/c1-12(27)9-21(2)10-15(14-5-3-4-6-16(14)28-20(23)24)18-19(21)25-17-8-7-13(22)11-26(17)18/h3-8,11,15,20H,9-10H2,1-2H3/t15-,21?/m1/s1. The molecule has 28 heavy (non-hydrogen) atoms.